The SMILES string of the molecule is CCCC1CCC(C=O)N1C. The molecular formula is C9H17NO. The molecule has 0 amide bonds. The largest absolute Gasteiger partial charge is 0.302 e. The fourth-order valence-electron chi connectivity index (χ4n) is 1.89. The van der Waals surface area contributed by atoms with Crippen molar-refractivity contribution in [3.63, 3.8) is 0 Å². The lowest BCUT2D eigenvalue weighted by Gasteiger charge is -2.21. The first kappa shape index (κ1) is 8.72. The third-order valence-corrected chi connectivity index (χ3v) is 2.67. The Bertz CT molecular complexity index is 136. The first-order valence-electron chi connectivity index (χ1n) is 4.46. The summed E-state index contributed by atoms with van der Waals surface area (Å²) < 4.78 is 0. The molecule has 64 valence electrons. The van der Waals surface area contributed by atoms with Crippen molar-refractivity contribution in [2.45, 2.75) is 44.7 Å². The van der Waals surface area contributed by atoms with E-state index in [1.165, 1.54) is 19.3 Å². The molecule has 1 saturated heterocycles. The molecule has 11 heavy (non-hydrogen) atoms. The van der Waals surface area contributed by atoms with Crippen LogP contribution in [0.25, 0.3) is 0 Å². The minimum Gasteiger partial charge on any atom is -0.302 e. The summed E-state index contributed by atoms with van der Waals surface area (Å²) in [7, 11) is 2.06. The van der Waals surface area contributed by atoms with Gasteiger partial charge in [-0.2, -0.15) is 0 Å². The van der Waals surface area contributed by atoms with Crippen LogP contribution < -0.4 is 0 Å². The summed E-state index contributed by atoms with van der Waals surface area (Å²) >= 11 is 0. The summed E-state index contributed by atoms with van der Waals surface area (Å²) in [6, 6.07) is 0.863. The van der Waals surface area contributed by atoms with Gasteiger partial charge in [-0.25, -0.2) is 0 Å². The van der Waals surface area contributed by atoms with Gasteiger partial charge in [0.1, 0.15) is 6.29 Å². The molecule has 1 aliphatic heterocycles. The third kappa shape index (κ3) is 1.80. The molecular weight excluding hydrogens is 138 g/mol. The molecule has 0 N–H and O–H groups in total. The van der Waals surface area contributed by atoms with Crippen LogP contribution in [0.2, 0.25) is 0 Å². The second-order valence-corrected chi connectivity index (χ2v) is 3.39. The van der Waals surface area contributed by atoms with Gasteiger partial charge in [-0.15, -0.1) is 0 Å². The summed E-state index contributed by atoms with van der Waals surface area (Å²) in [6.45, 7) is 2.20. The van der Waals surface area contributed by atoms with E-state index < -0.39 is 0 Å². The molecule has 1 fully saturated rings. The Morgan fingerprint density at radius 1 is 1.55 bits per heavy atom. The zero-order chi connectivity index (χ0) is 8.27. The standard InChI is InChI=1S/C9H17NO/c1-3-4-8-5-6-9(7-11)10(8)2/h7-9H,3-6H2,1-2H3. The van der Waals surface area contributed by atoms with Crippen molar-refractivity contribution < 1.29 is 4.79 Å². The molecule has 1 heterocycles. The van der Waals surface area contributed by atoms with E-state index >= 15 is 0 Å². The second-order valence-electron chi connectivity index (χ2n) is 3.39. The molecule has 0 bridgehead atoms. The van der Waals surface area contributed by atoms with Crippen LogP contribution in [0.5, 0.6) is 0 Å². The second kappa shape index (κ2) is 3.86. The average molecular weight is 155 g/mol. The zero-order valence-corrected chi connectivity index (χ0v) is 7.42. The Labute approximate surface area is 68.6 Å². The monoisotopic (exact) mass is 155 g/mol. The van der Waals surface area contributed by atoms with Crippen LogP contribution in [0.3, 0.4) is 0 Å². The van der Waals surface area contributed by atoms with Gasteiger partial charge in [-0.1, -0.05) is 13.3 Å². The van der Waals surface area contributed by atoms with Gasteiger partial charge in [0.25, 0.3) is 0 Å². The number of nitrogens with zero attached hydrogens (tertiary/aromatic N) is 1. The average Bonchev–Trinajstić information content (AvgIpc) is 2.34. The smallest absolute Gasteiger partial charge is 0.137 e. The minimum atomic E-state index is 0.201. The van der Waals surface area contributed by atoms with E-state index in [4.69, 9.17) is 0 Å². The normalized spacial score (nSPS) is 32.5. The van der Waals surface area contributed by atoms with Crippen molar-refractivity contribution in [3.8, 4) is 0 Å². The minimum absolute atomic E-state index is 0.201. The number of rotatable bonds is 3. The van der Waals surface area contributed by atoms with Gasteiger partial charge in [0.2, 0.25) is 0 Å². The Morgan fingerprint density at radius 3 is 2.73 bits per heavy atom. The van der Waals surface area contributed by atoms with Gasteiger partial charge < -0.3 is 4.79 Å². The molecule has 0 saturated carbocycles. The Balaban J connectivity index is 2.41. The van der Waals surface area contributed by atoms with Crippen molar-refractivity contribution in [2.75, 3.05) is 7.05 Å². The number of likely N-dealkylation sites (N-methyl/N-ethyl adjacent to an activating group) is 1. The van der Waals surface area contributed by atoms with Gasteiger partial charge in [-0.3, -0.25) is 4.90 Å². The maximum atomic E-state index is 10.5. The molecule has 2 heteroatoms. The lowest BCUT2D eigenvalue weighted by molar-refractivity contribution is -0.111. The van der Waals surface area contributed by atoms with E-state index in [1.807, 2.05) is 0 Å². The molecule has 0 aromatic heterocycles. The summed E-state index contributed by atoms with van der Waals surface area (Å²) in [5, 5.41) is 0. The number of hydrogen-bond acceptors (Lipinski definition) is 2. The molecule has 0 radical (unpaired) electrons. The summed E-state index contributed by atoms with van der Waals surface area (Å²) in [5.41, 5.74) is 0. The van der Waals surface area contributed by atoms with Gasteiger partial charge in [-0.05, 0) is 26.3 Å². The van der Waals surface area contributed by atoms with Crippen LogP contribution in [0.15, 0.2) is 0 Å². The highest BCUT2D eigenvalue weighted by Gasteiger charge is 2.28. The van der Waals surface area contributed by atoms with Crippen molar-refractivity contribution in [1.82, 2.24) is 4.90 Å². The summed E-state index contributed by atoms with van der Waals surface area (Å²) in [4.78, 5) is 12.7. The maximum Gasteiger partial charge on any atom is 0.137 e. The van der Waals surface area contributed by atoms with Crippen LogP contribution in [0, 0.1) is 0 Å². The van der Waals surface area contributed by atoms with E-state index in [1.54, 1.807) is 0 Å². The fourth-order valence-corrected chi connectivity index (χ4v) is 1.89. The van der Waals surface area contributed by atoms with Gasteiger partial charge >= 0.3 is 0 Å². The van der Waals surface area contributed by atoms with Crippen LogP contribution in [-0.2, 0) is 4.79 Å². The number of carbonyl (C=O) groups is 1. The topological polar surface area (TPSA) is 20.3 Å². The van der Waals surface area contributed by atoms with Crippen molar-refractivity contribution in [3.05, 3.63) is 0 Å². The molecule has 2 unspecified atom stereocenters. The third-order valence-electron chi connectivity index (χ3n) is 2.67. The number of hydrogen-bond donors (Lipinski definition) is 0. The van der Waals surface area contributed by atoms with Crippen LogP contribution in [0.1, 0.15) is 32.6 Å². The molecule has 0 aromatic carbocycles. The van der Waals surface area contributed by atoms with Gasteiger partial charge in [0.05, 0.1) is 6.04 Å². The van der Waals surface area contributed by atoms with E-state index in [-0.39, 0.29) is 6.04 Å². The van der Waals surface area contributed by atoms with Crippen molar-refractivity contribution in [1.29, 1.82) is 0 Å². The summed E-state index contributed by atoms with van der Waals surface area (Å²) in [6.07, 6.45) is 5.80. The molecule has 2 nitrogen and oxygen atoms in total. The van der Waals surface area contributed by atoms with E-state index in [9.17, 15) is 4.79 Å². The zero-order valence-electron chi connectivity index (χ0n) is 7.42. The van der Waals surface area contributed by atoms with Crippen LogP contribution in [-0.4, -0.2) is 30.3 Å². The molecule has 0 spiro atoms. The van der Waals surface area contributed by atoms with Crippen LogP contribution in [0.4, 0.5) is 0 Å². The quantitative estimate of drug-likeness (QED) is 0.575. The van der Waals surface area contributed by atoms with Crippen LogP contribution >= 0.6 is 0 Å². The maximum absolute atomic E-state index is 10.5. The van der Waals surface area contributed by atoms with E-state index in [2.05, 4.69) is 18.9 Å². The summed E-state index contributed by atoms with van der Waals surface area (Å²) in [5.74, 6) is 0. The Morgan fingerprint density at radius 2 is 2.27 bits per heavy atom. The number of aldehydes is 1. The van der Waals surface area contributed by atoms with E-state index in [0.29, 0.717) is 6.04 Å². The predicted octanol–water partition coefficient (Wildman–Crippen LogP) is 1.45. The Kier molecular flexibility index (Phi) is 3.06. The molecule has 1 aliphatic rings. The first-order valence-corrected chi connectivity index (χ1v) is 4.46. The lowest BCUT2D eigenvalue weighted by Crippen LogP contribution is -2.32. The molecule has 2 atom stereocenters. The molecule has 0 aliphatic carbocycles. The van der Waals surface area contributed by atoms with Crippen molar-refractivity contribution >= 4 is 6.29 Å². The number of carbonyl (C=O) groups excluding carboxylic acids is 1. The first-order chi connectivity index (χ1) is 5.29. The highest BCUT2D eigenvalue weighted by atomic mass is 16.1. The highest BCUT2D eigenvalue weighted by molar-refractivity contribution is 5.58. The highest BCUT2D eigenvalue weighted by Crippen LogP contribution is 2.23. The Hall–Kier alpha value is -0.370. The van der Waals surface area contributed by atoms with Crippen molar-refractivity contribution in [2.24, 2.45) is 0 Å². The molecule has 0 aromatic rings. The van der Waals surface area contributed by atoms with Gasteiger partial charge in [0, 0.05) is 6.04 Å². The molecule has 1 rings (SSSR count). The predicted molar refractivity (Wildman–Crippen MR) is 45.5 cm³/mol. The number of likely N-dealkylation sites (tertiary alicyclic amines) is 1. The lowest BCUT2D eigenvalue weighted by atomic mass is 10.1. The van der Waals surface area contributed by atoms with E-state index in [0.717, 1.165) is 12.7 Å². The van der Waals surface area contributed by atoms with Gasteiger partial charge in [0.15, 0.2) is 0 Å². The fraction of sp³-hybridized carbons (Fsp3) is 0.889.